The van der Waals surface area contributed by atoms with Crippen LogP contribution in [0.15, 0.2) is 24.4 Å². The Hall–Kier alpha value is -1.85. The van der Waals surface area contributed by atoms with Gasteiger partial charge in [0.25, 0.3) is 0 Å². The van der Waals surface area contributed by atoms with Gasteiger partial charge in [0.1, 0.15) is 0 Å². The summed E-state index contributed by atoms with van der Waals surface area (Å²) < 4.78 is 5.00. The molecule has 0 atom stereocenters. The van der Waals surface area contributed by atoms with Gasteiger partial charge in [0.2, 0.25) is 0 Å². The molecule has 20 heavy (non-hydrogen) atoms. The van der Waals surface area contributed by atoms with Crippen LogP contribution in [0.3, 0.4) is 0 Å². The number of nitrogens with zero attached hydrogens (tertiary/aromatic N) is 3. The van der Waals surface area contributed by atoms with E-state index in [1.807, 2.05) is 32.0 Å². The summed E-state index contributed by atoms with van der Waals surface area (Å²) in [6.45, 7) is 6.17. The fourth-order valence-electron chi connectivity index (χ4n) is 1.99. The molecule has 0 spiro atoms. The molecule has 0 aliphatic heterocycles. The predicted octanol–water partition coefficient (Wildman–Crippen LogP) is 1.89. The van der Waals surface area contributed by atoms with Gasteiger partial charge in [0, 0.05) is 43.3 Å². The Bertz CT molecular complexity index is 551. The summed E-state index contributed by atoms with van der Waals surface area (Å²) in [5.41, 5.74) is 3.94. The third kappa shape index (κ3) is 4.08. The molecule has 106 valence electrons. The summed E-state index contributed by atoms with van der Waals surface area (Å²) in [4.78, 5) is 13.3. The van der Waals surface area contributed by atoms with Crippen molar-refractivity contribution in [1.29, 1.82) is 0 Å². The van der Waals surface area contributed by atoms with Crippen LogP contribution in [0.2, 0.25) is 0 Å². The average molecular weight is 272 g/mol. The fourth-order valence-corrected chi connectivity index (χ4v) is 1.99. The molecule has 0 saturated heterocycles. The topological polar surface area (TPSA) is 59.9 Å². The molecule has 0 bridgehead atoms. The standard InChI is InChI=1S/C15H20N4O/c1-11-8-13(9-12(2)18-11)15-17-5-4-14(19-15)10-16-6-7-20-3/h4-5,8-9,16H,6-7,10H2,1-3H3. The Balaban J connectivity index is 2.12. The molecule has 0 unspecified atom stereocenters. The monoisotopic (exact) mass is 272 g/mol. The lowest BCUT2D eigenvalue weighted by molar-refractivity contribution is 0.199. The zero-order valence-electron chi connectivity index (χ0n) is 12.2. The van der Waals surface area contributed by atoms with Gasteiger partial charge in [-0.25, -0.2) is 9.97 Å². The molecule has 2 aromatic rings. The van der Waals surface area contributed by atoms with Crippen LogP contribution in [0.5, 0.6) is 0 Å². The summed E-state index contributed by atoms with van der Waals surface area (Å²) >= 11 is 0. The first-order valence-corrected chi connectivity index (χ1v) is 6.66. The molecule has 1 N–H and O–H groups in total. The van der Waals surface area contributed by atoms with Crippen molar-refractivity contribution in [2.45, 2.75) is 20.4 Å². The second kappa shape index (κ2) is 7.07. The molecule has 0 aliphatic carbocycles. The number of rotatable bonds is 6. The Kier molecular flexibility index (Phi) is 5.15. The molecule has 0 saturated carbocycles. The first kappa shape index (κ1) is 14.6. The number of aryl methyl sites for hydroxylation is 2. The van der Waals surface area contributed by atoms with Crippen LogP contribution in [0.25, 0.3) is 11.4 Å². The molecule has 0 aliphatic rings. The summed E-state index contributed by atoms with van der Waals surface area (Å²) in [6, 6.07) is 5.93. The van der Waals surface area contributed by atoms with E-state index in [1.165, 1.54) is 0 Å². The van der Waals surface area contributed by atoms with Crippen LogP contribution >= 0.6 is 0 Å². The minimum absolute atomic E-state index is 0.695. The van der Waals surface area contributed by atoms with Gasteiger partial charge < -0.3 is 10.1 Å². The smallest absolute Gasteiger partial charge is 0.159 e. The highest BCUT2D eigenvalue weighted by Gasteiger charge is 2.05. The third-order valence-electron chi connectivity index (χ3n) is 2.84. The van der Waals surface area contributed by atoms with Crippen LogP contribution in [0, 0.1) is 13.8 Å². The number of hydrogen-bond donors (Lipinski definition) is 1. The van der Waals surface area contributed by atoms with Gasteiger partial charge in [-0.15, -0.1) is 0 Å². The zero-order chi connectivity index (χ0) is 14.4. The van der Waals surface area contributed by atoms with Crippen LogP contribution in [0.4, 0.5) is 0 Å². The van der Waals surface area contributed by atoms with E-state index in [0.29, 0.717) is 13.2 Å². The molecule has 2 rings (SSSR count). The van der Waals surface area contributed by atoms with Crippen LogP contribution < -0.4 is 5.32 Å². The van der Waals surface area contributed by atoms with E-state index in [1.54, 1.807) is 13.3 Å². The molecule has 5 heteroatoms. The number of hydrogen-bond acceptors (Lipinski definition) is 5. The first-order chi connectivity index (χ1) is 9.69. The van der Waals surface area contributed by atoms with Crippen LogP contribution in [-0.2, 0) is 11.3 Å². The van der Waals surface area contributed by atoms with Gasteiger partial charge >= 0.3 is 0 Å². The summed E-state index contributed by atoms with van der Waals surface area (Å²) in [5.74, 6) is 0.740. The predicted molar refractivity (Wildman–Crippen MR) is 78.3 cm³/mol. The summed E-state index contributed by atoms with van der Waals surface area (Å²) in [6.07, 6.45) is 1.79. The lowest BCUT2D eigenvalue weighted by atomic mass is 10.2. The highest BCUT2D eigenvalue weighted by Crippen LogP contribution is 2.16. The van der Waals surface area contributed by atoms with Gasteiger partial charge in [-0.05, 0) is 32.0 Å². The van der Waals surface area contributed by atoms with Crippen molar-refractivity contribution in [3.63, 3.8) is 0 Å². The van der Waals surface area contributed by atoms with Crippen LogP contribution in [0.1, 0.15) is 17.1 Å². The fraction of sp³-hybridized carbons (Fsp3) is 0.400. The van der Waals surface area contributed by atoms with E-state index in [2.05, 4.69) is 20.3 Å². The van der Waals surface area contributed by atoms with Gasteiger partial charge in [0.15, 0.2) is 5.82 Å². The lowest BCUT2D eigenvalue weighted by Gasteiger charge is -2.06. The molecule has 0 fully saturated rings. The molecular weight excluding hydrogens is 252 g/mol. The molecular formula is C15H20N4O. The Morgan fingerprint density at radius 2 is 1.90 bits per heavy atom. The second-order valence-electron chi connectivity index (χ2n) is 4.68. The Morgan fingerprint density at radius 3 is 2.60 bits per heavy atom. The van der Waals surface area contributed by atoms with Crippen molar-refractivity contribution in [1.82, 2.24) is 20.3 Å². The van der Waals surface area contributed by atoms with E-state index < -0.39 is 0 Å². The van der Waals surface area contributed by atoms with E-state index >= 15 is 0 Å². The molecule has 2 heterocycles. The number of methoxy groups -OCH3 is 1. The van der Waals surface area contributed by atoms with Crippen molar-refractivity contribution in [3.05, 3.63) is 41.5 Å². The number of pyridine rings is 1. The van der Waals surface area contributed by atoms with E-state index in [-0.39, 0.29) is 0 Å². The zero-order valence-corrected chi connectivity index (χ0v) is 12.2. The number of ether oxygens (including phenoxy) is 1. The number of aromatic nitrogens is 3. The van der Waals surface area contributed by atoms with E-state index in [4.69, 9.17) is 4.74 Å². The van der Waals surface area contributed by atoms with Gasteiger partial charge in [-0.1, -0.05) is 0 Å². The molecule has 0 aromatic carbocycles. The van der Waals surface area contributed by atoms with Gasteiger partial charge in [-0.3, -0.25) is 4.98 Å². The third-order valence-corrected chi connectivity index (χ3v) is 2.84. The first-order valence-electron chi connectivity index (χ1n) is 6.66. The van der Waals surface area contributed by atoms with Crippen molar-refractivity contribution in [3.8, 4) is 11.4 Å². The van der Waals surface area contributed by atoms with Crippen molar-refractivity contribution in [2.75, 3.05) is 20.3 Å². The average Bonchev–Trinajstić information content (AvgIpc) is 2.43. The van der Waals surface area contributed by atoms with E-state index in [0.717, 1.165) is 35.0 Å². The maximum absolute atomic E-state index is 5.00. The lowest BCUT2D eigenvalue weighted by Crippen LogP contribution is -2.19. The van der Waals surface area contributed by atoms with Gasteiger partial charge in [-0.2, -0.15) is 0 Å². The largest absolute Gasteiger partial charge is 0.383 e. The molecule has 0 radical (unpaired) electrons. The molecule has 5 nitrogen and oxygen atoms in total. The molecule has 2 aromatic heterocycles. The van der Waals surface area contributed by atoms with Crippen molar-refractivity contribution >= 4 is 0 Å². The summed E-state index contributed by atoms with van der Waals surface area (Å²) in [7, 11) is 1.69. The highest BCUT2D eigenvalue weighted by atomic mass is 16.5. The molecule has 0 amide bonds. The van der Waals surface area contributed by atoms with E-state index in [9.17, 15) is 0 Å². The van der Waals surface area contributed by atoms with Gasteiger partial charge in [0.05, 0.1) is 12.3 Å². The summed E-state index contributed by atoms with van der Waals surface area (Å²) in [5, 5.41) is 3.28. The van der Waals surface area contributed by atoms with Crippen molar-refractivity contribution in [2.24, 2.45) is 0 Å². The quantitative estimate of drug-likeness (QED) is 0.814. The maximum Gasteiger partial charge on any atom is 0.159 e. The SMILES string of the molecule is COCCNCc1ccnc(-c2cc(C)nc(C)c2)n1. The Morgan fingerprint density at radius 1 is 1.15 bits per heavy atom. The second-order valence-corrected chi connectivity index (χ2v) is 4.68. The minimum atomic E-state index is 0.695. The maximum atomic E-state index is 5.00. The van der Waals surface area contributed by atoms with Crippen molar-refractivity contribution < 1.29 is 4.74 Å². The minimum Gasteiger partial charge on any atom is -0.383 e. The Labute approximate surface area is 119 Å². The van der Waals surface area contributed by atoms with Crippen LogP contribution in [-0.4, -0.2) is 35.2 Å². The normalized spacial score (nSPS) is 10.8. The number of nitrogens with one attached hydrogen (secondary N) is 1. The highest BCUT2D eigenvalue weighted by molar-refractivity contribution is 5.55.